The van der Waals surface area contributed by atoms with Gasteiger partial charge in [0.2, 0.25) is 10.0 Å². The van der Waals surface area contributed by atoms with Crippen molar-refractivity contribution in [1.82, 2.24) is 15.0 Å². The predicted octanol–water partition coefficient (Wildman–Crippen LogP) is 4.07. The molecule has 0 aliphatic rings. The summed E-state index contributed by atoms with van der Waals surface area (Å²) in [6, 6.07) is 13.9. The van der Waals surface area contributed by atoms with Crippen LogP contribution in [-0.4, -0.2) is 18.5 Å². The number of aromatic nitrogens is 1. The van der Waals surface area contributed by atoms with E-state index in [4.69, 9.17) is 12.2 Å². The first-order chi connectivity index (χ1) is 15.1. The summed E-state index contributed by atoms with van der Waals surface area (Å²) in [5, 5.41) is 6.37. The maximum absolute atomic E-state index is 12.6. The van der Waals surface area contributed by atoms with Crippen molar-refractivity contribution in [3.05, 3.63) is 89.7 Å². The van der Waals surface area contributed by atoms with Crippen molar-refractivity contribution in [2.75, 3.05) is 5.32 Å². The molecule has 0 fully saturated rings. The molecular formula is C21H19F3N4O2S2. The topological polar surface area (TPSA) is 83.1 Å². The van der Waals surface area contributed by atoms with Crippen molar-refractivity contribution in [1.29, 1.82) is 0 Å². The monoisotopic (exact) mass is 480 g/mol. The zero-order chi connectivity index (χ0) is 23.2. The van der Waals surface area contributed by atoms with Crippen LogP contribution in [0.5, 0.6) is 0 Å². The Morgan fingerprint density at radius 3 is 2.06 bits per heavy atom. The van der Waals surface area contributed by atoms with Crippen LogP contribution in [-0.2, 0) is 29.3 Å². The molecule has 168 valence electrons. The molecule has 0 spiro atoms. The highest BCUT2D eigenvalue weighted by Crippen LogP contribution is 2.29. The molecule has 3 N–H and O–H groups in total. The van der Waals surface area contributed by atoms with E-state index in [2.05, 4.69) is 20.3 Å². The SMILES string of the molecule is O=S(=O)(NCc1ccc(C(F)(F)F)cc1)c1ccc(NC(=S)NCc2ccncc2)cc1. The van der Waals surface area contributed by atoms with Crippen LogP contribution in [0.1, 0.15) is 16.7 Å². The average molecular weight is 481 g/mol. The van der Waals surface area contributed by atoms with Gasteiger partial charge in [-0.3, -0.25) is 4.98 Å². The Kier molecular flexibility index (Phi) is 7.44. The standard InChI is InChI=1S/C21H19F3N4O2S2/c22-21(23,24)17-3-1-15(2-4-17)14-27-32(29,30)19-7-5-18(6-8-19)28-20(31)26-13-16-9-11-25-12-10-16/h1-12,27H,13-14H2,(H2,26,28,31). The van der Waals surface area contributed by atoms with Crippen molar-refractivity contribution in [2.45, 2.75) is 24.2 Å². The summed E-state index contributed by atoms with van der Waals surface area (Å²) >= 11 is 5.23. The van der Waals surface area contributed by atoms with Gasteiger partial charge in [-0.05, 0) is 71.9 Å². The van der Waals surface area contributed by atoms with Gasteiger partial charge in [-0.2, -0.15) is 13.2 Å². The molecule has 0 amide bonds. The quantitative estimate of drug-likeness (QED) is 0.443. The molecular weight excluding hydrogens is 461 g/mol. The van der Waals surface area contributed by atoms with Crippen LogP contribution in [0.4, 0.5) is 18.9 Å². The first-order valence-electron chi connectivity index (χ1n) is 9.33. The number of anilines is 1. The molecule has 3 aromatic rings. The first-order valence-corrected chi connectivity index (χ1v) is 11.2. The summed E-state index contributed by atoms with van der Waals surface area (Å²) in [7, 11) is -3.84. The third kappa shape index (κ3) is 6.74. The van der Waals surface area contributed by atoms with E-state index in [0.29, 0.717) is 22.9 Å². The fraction of sp³-hybridized carbons (Fsp3) is 0.143. The molecule has 0 bridgehead atoms. The van der Waals surface area contributed by atoms with Gasteiger partial charge in [-0.25, -0.2) is 13.1 Å². The molecule has 0 saturated heterocycles. The molecule has 2 aromatic carbocycles. The molecule has 3 rings (SSSR count). The number of nitrogens with zero attached hydrogens (tertiary/aromatic N) is 1. The van der Waals surface area contributed by atoms with Gasteiger partial charge in [-0.1, -0.05) is 12.1 Å². The fourth-order valence-corrected chi connectivity index (χ4v) is 3.86. The number of hydrogen-bond acceptors (Lipinski definition) is 4. The zero-order valence-corrected chi connectivity index (χ0v) is 18.2. The smallest absolute Gasteiger partial charge is 0.358 e. The number of thiocarbonyl (C=S) groups is 1. The summed E-state index contributed by atoms with van der Waals surface area (Å²) in [6.45, 7) is 0.373. The normalized spacial score (nSPS) is 11.7. The molecule has 0 aliphatic heterocycles. The molecule has 1 heterocycles. The molecule has 32 heavy (non-hydrogen) atoms. The van der Waals surface area contributed by atoms with Gasteiger partial charge in [0.15, 0.2) is 5.11 Å². The molecule has 1 aromatic heterocycles. The summed E-state index contributed by atoms with van der Waals surface area (Å²) in [6.07, 6.45) is -1.08. The van der Waals surface area contributed by atoms with Crippen LogP contribution in [0.2, 0.25) is 0 Å². The molecule has 0 atom stereocenters. The number of rotatable bonds is 7. The predicted molar refractivity (Wildman–Crippen MR) is 119 cm³/mol. The van der Waals surface area contributed by atoms with Crippen LogP contribution in [0.15, 0.2) is 78.0 Å². The van der Waals surface area contributed by atoms with Crippen LogP contribution in [0.3, 0.4) is 0 Å². The van der Waals surface area contributed by atoms with E-state index < -0.39 is 21.8 Å². The van der Waals surface area contributed by atoms with Gasteiger partial charge in [0.25, 0.3) is 0 Å². The minimum Gasteiger partial charge on any atom is -0.358 e. The second-order valence-electron chi connectivity index (χ2n) is 6.71. The Labute approximate surface area is 188 Å². The Morgan fingerprint density at radius 1 is 0.875 bits per heavy atom. The second kappa shape index (κ2) is 10.1. The number of benzene rings is 2. The van der Waals surface area contributed by atoms with E-state index in [9.17, 15) is 21.6 Å². The Bertz CT molecular complexity index is 1150. The lowest BCUT2D eigenvalue weighted by atomic mass is 10.1. The van der Waals surface area contributed by atoms with Crippen molar-refractivity contribution in [3.63, 3.8) is 0 Å². The number of halogens is 3. The number of alkyl halides is 3. The lowest BCUT2D eigenvalue weighted by Crippen LogP contribution is -2.28. The Hall–Kier alpha value is -3.02. The van der Waals surface area contributed by atoms with Crippen molar-refractivity contribution >= 4 is 33.0 Å². The zero-order valence-electron chi connectivity index (χ0n) is 16.6. The van der Waals surface area contributed by atoms with E-state index in [1.165, 1.54) is 24.3 Å². The van der Waals surface area contributed by atoms with Gasteiger partial charge in [-0.15, -0.1) is 0 Å². The number of hydrogen-bond donors (Lipinski definition) is 3. The van der Waals surface area contributed by atoms with Gasteiger partial charge in [0.1, 0.15) is 0 Å². The van der Waals surface area contributed by atoms with Crippen molar-refractivity contribution < 1.29 is 21.6 Å². The molecule has 0 aliphatic carbocycles. The number of pyridine rings is 1. The van der Waals surface area contributed by atoms with Gasteiger partial charge >= 0.3 is 6.18 Å². The summed E-state index contributed by atoms with van der Waals surface area (Å²) in [5.41, 5.74) is 1.22. The molecule has 0 unspecified atom stereocenters. The van der Waals surface area contributed by atoms with Gasteiger partial charge in [0.05, 0.1) is 10.5 Å². The van der Waals surface area contributed by atoms with Crippen molar-refractivity contribution in [3.8, 4) is 0 Å². The minimum absolute atomic E-state index is 0.0191. The summed E-state index contributed by atoms with van der Waals surface area (Å²) in [4.78, 5) is 3.96. The molecule has 0 radical (unpaired) electrons. The highest BCUT2D eigenvalue weighted by molar-refractivity contribution is 7.89. The molecule has 11 heteroatoms. The number of sulfonamides is 1. The molecule has 0 saturated carbocycles. The lowest BCUT2D eigenvalue weighted by Gasteiger charge is -2.12. The van der Waals surface area contributed by atoms with Crippen LogP contribution in [0, 0.1) is 0 Å². The summed E-state index contributed by atoms with van der Waals surface area (Å²) in [5.74, 6) is 0. The summed E-state index contributed by atoms with van der Waals surface area (Å²) < 4.78 is 65.2. The third-order valence-electron chi connectivity index (χ3n) is 4.37. The van der Waals surface area contributed by atoms with E-state index in [0.717, 1.165) is 17.7 Å². The van der Waals surface area contributed by atoms with E-state index >= 15 is 0 Å². The fourth-order valence-electron chi connectivity index (χ4n) is 2.65. The first kappa shape index (κ1) is 23.6. The second-order valence-corrected chi connectivity index (χ2v) is 8.88. The van der Waals surface area contributed by atoms with Gasteiger partial charge < -0.3 is 10.6 Å². The minimum atomic E-state index is -4.44. The molecule has 6 nitrogen and oxygen atoms in total. The van der Waals surface area contributed by atoms with E-state index in [1.807, 2.05) is 12.1 Å². The van der Waals surface area contributed by atoms with Gasteiger partial charge in [0, 0.05) is 31.2 Å². The average Bonchev–Trinajstić information content (AvgIpc) is 2.77. The van der Waals surface area contributed by atoms with Crippen LogP contribution in [0.25, 0.3) is 0 Å². The Balaban J connectivity index is 1.54. The Morgan fingerprint density at radius 2 is 1.47 bits per heavy atom. The third-order valence-corrected chi connectivity index (χ3v) is 6.04. The van der Waals surface area contributed by atoms with Crippen LogP contribution >= 0.6 is 12.2 Å². The van der Waals surface area contributed by atoms with E-state index in [1.54, 1.807) is 24.5 Å². The van der Waals surface area contributed by atoms with E-state index in [-0.39, 0.29) is 11.4 Å². The maximum atomic E-state index is 12.6. The number of nitrogens with one attached hydrogen (secondary N) is 3. The van der Waals surface area contributed by atoms with Crippen molar-refractivity contribution in [2.24, 2.45) is 0 Å². The lowest BCUT2D eigenvalue weighted by molar-refractivity contribution is -0.137. The van der Waals surface area contributed by atoms with Crippen LogP contribution < -0.4 is 15.4 Å². The highest BCUT2D eigenvalue weighted by atomic mass is 32.2. The highest BCUT2D eigenvalue weighted by Gasteiger charge is 2.29. The maximum Gasteiger partial charge on any atom is 0.416 e. The largest absolute Gasteiger partial charge is 0.416 e.